The molecule has 2 aromatic heterocycles. The zero-order valence-corrected chi connectivity index (χ0v) is 17.2. The van der Waals surface area contributed by atoms with Crippen LogP contribution in [0.25, 0.3) is 5.69 Å². The second kappa shape index (κ2) is 8.02. The number of nitrogens with one attached hydrogen (secondary N) is 1. The van der Waals surface area contributed by atoms with Crippen molar-refractivity contribution < 1.29 is 4.79 Å². The van der Waals surface area contributed by atoms with Crippen LogP contribution in [0.5, 0.6) is 0 Å². The number of amides is 1. The summed E-state index contributed by atoms with van der Waals surface area (Å²) >= 11 is 1.62. The van der Waals surface area contributed by atoms with E-state index in [1.165, 1.54) is 5.56 Å². The number of benzene rings is 1. The number of hydrogen-bond acceptors (Lipinski definition) is 5. The van der Waals surface area contributed by atoms with Crippen molar-refractivity contribution in [2.75, 3.05) is 18.9 Å². The van der Waals surface area contributed by atoms with Crippen LogP contribution >= 0.6 is 11.3 Å². The quantitative estimate of drug-likeness (QED) is 0.706. The van der Waals surface area contributed by atoms with E-state index in [9.17, 15) is 4.79 Å². The van der Waals surface area contributed by atoms with Crippen molar-refractivity contribution >= 4 is 22.9 Å². The first-order chi connectivity index (χ1) is 12.8. The summed E-state index contributed by atoms with van der Waals surface area (Å²) in [7, 11) is 1.92. The van der Waals surface area contributed by atoms with E-state index < -0.39 is 0 Å². The van der Waals surface area contributed by atoms with Gasteiger partial charge in [-0.15, -0.1) is 11.3 Å². The van der Waals surface area contributed by atoms with E-state index in [0.29, 0.717) is 13.1 Å². The molecule has 6 nitrogen and oxygen atoms in total. The van der Waals surface area contributed by atoms with Gasteiger partial charge in [-0.2, -0.15) is 5.10 Å². The van der Waals surface area contributed by atoms with E-state index >= 15 is 0 Å². The normalized spacial score (nSPS) is 11.2. The molecule has 0 unspecified atom stereocenters. The van der Waals surface area contributed by atoms with Crippen LogP contribution in [-0.4, -0.2) is 39.2 Å². The first-order valence-corrected chi connectivity index (χ1v) is 9.74. The number of aryl methyl sites for hydroxylation is 3. The molecule has 1 N–H and O–H groups in total. The summed E-state index contributed by atoms with van der Waals surface area (Å²) in [6.07, 6.45) is 0. The molecule has 1 aromatic carbocycles. The van der Waals surface area contributed by atoms with Crippen molar-refractivity contribution in [1.29, 1.82) is 0 Å². The maximum atomic E-state index is 12.5. The zero-order chi connectivity index (χ0) is 19.6. The van der Waals surface area contributed by atoms with Crippen molar-refractivity contribution in [3.63, 3.8) is 0 Å². The molecule has 3 aromatic rings. The van der Waals surface area contributed by atoms with Gasteiger partial charge in [-0.1, -0.05) is 17.7 Å². The third-order valence-corrected chi connectivity index (χ3v) is 5.17. The van der Waals surface area contributed by atoms with E-state index in [-0.39, 0.29) is 5.91 Å². The Morgan fingerprint density at radius 2 is 1.89 bits per heavy atom. The maximum Gasteiger partial charge on any atom is 0.238 e. The van der Waals surface area contributed by atoms with Gasteiger partial charge in [-0.3, -0.25) is 9.69 Å². The molecule has 0 saturated heterocycles. The minimum absolute atomic E-state index is 0.0564. The van der Waals surface area contributed by atoms with Gasteiger partial charge in [-0.05, 0) is 46.9 Å². The second-order valence-electron chi connectivity index (χ2n) is 6.87. The second-order valence-corrected chi connectivity index (χ2v) is 7.93. The molecular formula is C20H25N5OS. The van der Waals surface area contributed by atoms with Gasteiger partial charge in [-0.25, -0.2) is 9.67 Å². The lowest BCUT2D eigenvalue weighted by molar-refractivity contribution is -0.117. The average molecular weight is 384 g/mol. The number of aromatic nitrogens is 3. The number of thiazole rings is 1. The SMILES string of the molecule is Cc1ccc(-n2nc(C)c(NC(=O)CN(C)Cc3csc(C)n3)c2C)cc1. The summed E-state index contributed by atoms with van der Waals surface area (Å²) < 4.78 is 1.87. The smallest absolute Gasteiger partial charge is 0.238 e. The monoisotopic (exact) mass is 383 g/mol. The molecule has 27 heavy (non-hydrogen) atoms. The highest BCUT2D eigenvalue weighted by Crippen LogP contribution is 2.23. The molecule has 7 heteroatoms. The number of likely N-dealkylation sites (N-methyl/N-ethyl adjacent to an activating group) is 1. The van der Waals surface area contributed by atoms with Crippen LogP contribution in [0.4, 0.5) is 5.69 Å². The molecule has 142 valence electrons. The van der Waals surface area contributed by atoms with Crippen LogP contribution < -0.4 is 5.32 Å². The Kier molecular flexibility index (Phi) is 5.72. The molecule has 0 aliphatic heterocycles. The molecule has 2 heterocycles. The highest BCUT2D eigenvalue weighted by Gasteiger charge is 2.16. The average Bonchev–Trinajstić information content (AvgIpc) is 3.13. The fourth-order valence-corrected chi connectivity index (χ4v) is 3.60. The van der Waals surface area contributed by atoms with E-state index in [2.05, 4.69) is 34.5 Å². The van der Waals surface area contributed by atoms with E-state index in [1.807, 2.05) is 54.9 Å². The molecule has 0 aliphatic rings. The zero-order valence-electron chi connectivity index (χ0n) is 16.4. The Bertz CT molecular complexity index is 942. The molecular weight excluding hydrogens is 358 g/mol. The fourth-order valence-electron chi connectivity index (χ4n) is 3.00. The summed E-state index contributed by atoms with van der Waals surface area (Å²) in [6, 6.07) is 8.17. The van der Waals surface area contributed by atoms with Crippen molar-refractivity contribution in [2.24, 2.45) is 0 Å². The molecule has 0 saturated carbocycles. The number of carbonyl (C=O) groups excluding carboxylic acids is 1. The van der Waals surface area contributed by atoms with Crippen LogP contribution in [0.3, 0.4) is 0 Å². The Morgan fingerprint density at radius 3 is 2.52 bits per heavy atom. The summed E-state index contributed by atoms with van der Waals surface area (Å²) in [5.74, 6) is -0.0564. The lowest BCUT2D eigenvalue weighted by Gasteiger charge is -2.15. The van der Waals surface area contributed by atoms with Gasteiger partial charge in [0.2, 0.25) is 5.91 Å². The van der Waals surface area contributed by atoms with E-state index in [4.69, 9.17) is 0 Å². The predicted octanol–water partition coefficient (Wildman–Crippen LogP) is 3.63. The molecule has 3 rings (SSSR count). The largest absolute Gasteiger partial charge is 0.322 e. The summed E-state index contributed by atoms with van der Waals surface area (Å²) in [6.45, 7) is 8.87. The van der Waals surface area contributed by atoms with E-state index in [1.54, 1.807) is 11.3 Å². The van der Waals surface area contributed by atoms with Gasteiger partial charge in [0.25, 0.3) is 0 Å². The van der Waals surface area contributed by atoms with Gasteiger partial charge < -0.3 is 5.32 Å². The molecule has 0 radical (unpaired) electrons. The first-order valence-electron chi connectivity index (χ1n) is 8.86. The summed E-state index contributed by atoms with van der Waals surface area (Å²) in [5.41, 5.74) is 5.68. The van der Waals surface area contributed by atoms with Crippen LogP contribution in [-0.2, 0) is 11.3 Å². The Hall–Kier alpha value is -2.51. The van der Waals surface area contributed by atoms with Gasteiger partial charge in [0, 0.05) is 11.9 Å². The van der Waals surface area contributed by atoms with Gasteiger partial charge in [0.15, 0.2) is 0 Å². The Balaban J connectivity index is 1.68. The number of hydrogen-bond donors (Lipinski definition) is 1. The Morgan fingerprint density at radius 1 is 1.19 bits per heavy atom. The minimum Gasteiger partial charge on any atom is -0.322 e. The van der Waals surface area contributed by atoms with Crippen molar-refractivity contribution in [3.8, 4) is 5.69 Å². The minimum atomic E-state index is -0.0564. The topological polar surface area (TPSA) is 63.1 Å². The third kappa shape index (κ3) is 4.61. The first kappa shape index (κ1) is 19.3. The highest BCUT2D eigenvalue weighted by atomic mass is 32.1. The van der Waals surface area contributed by atoms with Crippen LogP contribution in [0, 0.1) is 27.7 Å². The number of carbonyl (C=O) groups is 1. The lowest BCUT2D eigenvalue weighted by atomic mass is 10.2. The number of rotatable bonds is 6. The molecule has 0 bridgehead atoms. The Labute approximate surface area is 163 Å². The number of anilines is 1. The van der Waals surface area contributed by atoms with Crippen molar-refractivity contribution in [2.45, 2.75) is 34.2 Å². The fraction of sp³-hybridized carbons (Fsp3) is 0.350. The molecule has 1 amide bonds. The lowest BCUT2D eigenvalue weighted by Crippen LogP contribution is -2.30. The maximum absolute atomic E-state index is 12.5. The van der Waals surface area contributed by atoms with E-state index in [0.717, 1.165) is 33.5 Å². The highest BCUT2D eigenvalue weighted by molar-refractivity contribution is 7.09. The predicted molar refractivity (Wildman–Crippen MR) is 110 cm³/mol. The standard InChI is InChI=1S/C20H25N5OS/c1-13-6-8-18(9-7-13)25-15(3)20(14(2)23-25)22-19(26)11-24(5)10-17-12-27-16(4)21-17/h6-9,12H,10-11H2,1-5H3,(H,22,26). The van der Waals surface area contributed by atoms with Crippen molar-refractivity contribution in [3.05, 3.63) is 57.3 Å². The van der Waals surface area contributed by atoms with Crippen LogP contribution in [0.15, 0.2) is 29.6 Å². The van der Waals surface area contributed by atoms with Gasteiger partial charge >= 0.3 is 0 Å². The summed E-state index contributed by atoms with van der Waals surface area (Å²) in [4.78, 5) is 18.9. The molecule has 0 fully saturated rings. The van der Waals surface area contributed by atoms with Crippen molar-refractivity contribution in [1.82, 2.24) is 19.7 Å². The molecule has 0 atom stereocenters. The third-order valence-electron chi connectivity index (χ3n) is 4.35. The summed E-state index contributed by atoms with van der Waals surface area (Å²) in [5, 5.41) is 10.7. The molecule has 0 spiro atoms. The molecule has 0 aliphatic carbocycles. The van der Waals surface area contributed by atoms with Crippen LogP contribution in [0.2, 0.25) is 0 Å². The van der Waals surface area contributed by atoms with Crippen LogP contribution in [0.1, 0.15) is 27.7 Å². The van der Waals surface area contributed by atoms with Gasteiger partial charge in [0.05, 0.1) is 40.0 Å². The number of nitrogens with zero attached hydrogens (tertiary/aromatic N) is 4. The van der Waals surface area contributed by atoms with Gasteiger partial charge in [0.1, 0.15) is 0 Å².